The van der Waals surface area contributed by atoms with Crippen LogP contribution in [0.4, 0.5) is 10.5 Å². The van der Waals surface area contributed by atoms with Crippen LogP contribution in [0.25, 0.3) is 0 Å². The molecular formula is C16H21N3O3. The number of carbonyl (C=O) groups is 2. The first-order valence-corrected chi connectivity index (χ1v) is 7.68. The molecule has 1 aliphatic carbocycles. The zero-order chi connectivity index (χ0) is 15.7. The number of amides is 3. The zero-order valence-electron chi connectivity index (χ0n) is 12.7. The van der Waals surface area contributed by atoms with Gasteiger partial charge in [-0.25, -0.2) is 4.79 Å². The number of ether oxygens (including phenoxy) is 1. The molecule has 118 valence electrons. The topological polar surface area (TPSA) is 84.7 Å². The Bertz CT molecular complexity index is 596. The van der Waals surface area contributed by atoms with E-state index in [-0.39, 0.29) is 12.0 Å². The van der Waals surface area contributed by atoms with Gasteiger partial charge in [0.05, 0.1) is 11.8 Å². The van der Waals surface area contributed by atoms with Gasteiger partial charge in [0.2, 0.25) is 5.91 Å². The highest BCUT2D eigenvalue weighted by Gasteiger charge is 2.34. The summed E-state index contributed by atoms with van der Waals surface area (Å²) in [7, 11) is 1.71. The number of hydrogen-bond acceptors (Lipinski definition) is 3. The lowest BCUT2D eigenvalue weighted by Gasteiger charge is -2.33. The number of para-hydroxylation sites is 1. The molecule has 1 aliphatic heterocycles. The molecule has 2 aliphatic rings. The van der Waals surface area contributed by atoms with Crippen LogP contribution in [-0.4, -0.2) is 31.1 Å². The van der Waals surface area contributed by atoms with Gasteiger partial charge >= 0.3 is 6.03 Å². The first-order valence-electron chi connectivity index (χ1n) is 7.68. The van der Waals surface area contributed by atoms with Crippen molar-refractivity contribution in [1.82, 2.24) is 5.32 Å². The Balaban J connectivity index is 1.88. The fourth-order valence-corrected chi connectivity index (χ4v) is 3.33. The SMILES string of the molecule is CN1C(=O)[C@H](NC(N)=O)Cc2cccc(OC3CCCC3)c21. The molecule has 0 bridgehead atoms. The van der Waals surface area contributed by atoms with Crippen LogP contribution in [0.2, 0.25) is 0 Å². The van der Waals surface area contributed by atoms with E-state index in [0.29, 0.717) is 6.42 Å². The number of urea groups is 1. The smallest absolute Gasteiger partial charge is 0.312 e. The van der Waals surface area contributed by atoms with Crippen molar-refractivity contribution >= 4 is 17.6 Å². The fraction of sp³-hybridized carbons (Fsp3) is 0.500. The predicted octanol–water partition coefficient (Wildman–Crippen LogP) is 1.56. The molecule has 1 fully saturated rings. The molecule has 1 atom stereocenters. The van der Waals surface area contributed by atoms with Crippen LogP contribution in [0.5, 0.6) is 5.75 Å². The van der Waals surface area contributed by atoms with E-state index in [0.717, 1.165) is 29.8 Å². The van der Waals surface area contributed by atoms with Crippen LogP contribution in [0.15, 0.2) is 18.2 Å². The maximum absolute atomic E-state index is 12.4. The van der Waals surface area contributed by atoms with Crippen LogP contribution in [0, 0.1) is 0 Å². The van der Waals surface area contributed by atoms with Gasteiger partial charge in [0.1, 0.15) is 11.8 Å². The van der Waals surface area contributed by atoms with Gasteiger partial charge in [-0.1, -0.05) is 12.1 Å². The highest BCUT2D eigenvalue weighted by atomic mass is 16.5. The van der Waals surface area contributed by atoms with E-state index in [9.17, 15) is 9.59 Å². The molecule has 0 unspecified atom stereocenters. The summed E-state index contributed by atoms with van der Waals surface area (Å²) in [5, 5.41) is 2.50. The molecule has 0 spiro atoms. The molecule has 3 N–H and O–H groups in total. The summed E-state index contributed by atoms with van der Waals surface area (Å²) in [5.74, 6) is 0.576. The number of likely N-dealkylation sites (N-methyl/N-ethyl adjacent to an activating group) is 1. The summed E-state index contributed by atoms with van der Waals surface area (Å²) in [6.45, 7) is 0. The Morgan fingerprint density at radius 1 is 1.36 bits per heavy atom. The first-order chi connectivity index (χ1) is 10.6. The number of carbonyl (C=O) groups excluding carboxylic acids is 2. The van der Waals surface area contributed by atoms with Crippen molar-refractivity contribution in [2.75, 3.05) is 11.9 Å². The quantitative estimate of drug-likeness (QED) is 0.888. The largest absolute Gasteiger partial charge is 0.488 e. The molecule has 1 aromatic rings. The number of primary amides is 1. The second-order valence-corrected chi connectivity index (χ2v) is 5.95. The van der Waals surface area contributed by atoms with Gasteiger partial charge in [-0.15, -0.1) is 0 Å². The first kappa shape index (κ1) is 14.7. The average Bonchev–Trinajstić information content (AvgIpc) is 2.97. The summed E-state index contributed by atoms with van der Waals surface area (Å²) in [6.07, 6.45) is 5.18. The van der Waals surface area contributed by atoms with Gasteiger partial charge < -0.3 is 20.7 Å². The fourth-order valence-electron chi connectivity index (χ4n) is 3.33. The summed E-state index contributed by atoms with van der Waals surface area (Å²) < 4.78 is 6.10. The Labute approximate surface area is 129 Å². The Hall–Kier alpha value is -2.24. The van der Waals surface area contributed by atoms with Crippen molar-refractivity contribution in [3.8, 4) is 5.75 Å². The minimum absolute atomic E-state index is 0.172. The van der Waals surface area contributed by atoms with E-state index in [2.05, 4.69) is 5.32 Å². The molecular weight excluding hydrogens is 282 g/mol. The average molecular weight is 303 g/mol. The van der Waals surface area contributed by atoms with Gasteiger partial charge in [0, 0.05) is 13.5 Å². The lowest BCUT2D eigenvalue weighted by molar-refractivity contribution is -0.120. The number of nitrogens with one attached hydrogen (secondary N) is 1. The maximum atomic E-state index is 12.4. The Morgan fingerprint density at radius 3 is 2.77 bits per heavy atom. The third-order valence-electron chi connectivity index (χ3n) is 4.38. The minimum atomic E-state index is -0.687. The van der Waals surface area contributed by atoms with Gasteiger partial charge in [-0.05, 0) is 37.3 Å². The molecule has 3 amide bonds. The van der Waals surface area contributed by atoms with Crippen LogP contribution < -0.4 is 20.7 Å². The lowest BCUT2D eigenvalue weighted by atomic mass is 9.97. The maximum Gasteiger partial charge on any atom is 0.312 e. The van der Waals surface area contributed by atoms with Crippen molar-refractivity contribution in [3.05, 3.63) is 23.8 Å². The van der Waals surface area contributed by atoms with E-state index in [1.54, 1.807) is 11.9 Å². The number of rotatable bonds is 3. The second-order valence-electron chi connectivity index (χ2n) is 5.95. The standard InChI is InChI=1S/C16H21N3O3/c1-19-14-10(9-12(15(19)20)18-16(17)21)5-4-8-13(14)22-11-6-2-3-7-11/h4-5,8,11-12H,2-3,6-7,9H2,1H3,(H3,17,18,21)/t12-/m1/s1. The normalized spacial score (nSPS) is 21.6. The van der Waals surface area contributed by atoms with Crippen molar-refractivity contribution in [2.45, 2.75) is 44.2 Å². The number of benzene rings is 1. The van der Waals surface area contributed by atoms with Gasteiger partial charge in [0.25, 0.3) is 0 Å². The third kappa shape index (κ3) is 2.73. The van der Waals surface area contributed by atoms with Crippen molar-refractivity contribution < 1.29 is 14.3 Å². The van der Waals surface area contributed by atoms with Crippen LogP contribution in [0.1, 0.15) is 31.2 Å². The monoisotopic (exact) mass is 303 g/mol. The lowest BCUT2D eigenvalue weighted by Crippen LogP contribution is -2.53. The summed E-state index contributed by atoms with van der Waals surface area (Å²) in [5.41, 5.74) is 6.93. The van der Waals surface area contributed by atoms with Gasteiger partial charge in [-0.3, -0.25) is 4.79 Å². The summed E-state index contributed by atoms with van der Waals surface area (Å²) in [4.78, 5) is 25.0. The van der Waals surface area contributed by atoms with Gasteiger partial charge in [0.15, 0.2) is 0 Å². The molecule has 1 aromatic carbocycles. The van der Waals surface area contributed by atoms with E-state index in [1.165, 1.54) is 12.8 Å². The van der Waals surface area contributed by atoms with E-state index in [4.69, 9.17) is 10.5 Å². The number of fused-ring (bicyclic) bond motifs is 1. The molecule has 1 heterocycles. The number of nitrogens with two attached hydrogens (primary N) is 1. The molecule has 6 nitrogen and oxygen atoms in total. The molecule has 0 aromatic heterocycles. The number of anilines is 1. The molecule has 3 rings (SSSR count). The van der Waals surface area contributed by atoms with Crippen LogP contribution in [0.3, 0.4) is 0 Å². The van der Waals surface area contributed by atoms with E-state index >= 15 is 0 Å². The van der Waals surface area contributed by atoms with E-state index < -0.39 is 12.1 Å². The Morgan fingerprint density at radius 2 is 2.09 bits per heavy atom. The number of nitrogens with zero attached hydrogens (tertiary/aromatic N) is 1. The Kier molecular flexibility index (Phi) is 3.92. The van der Waals surface area contributed by atoms with Crippen molar-refractivity contribution in [2.24, 2.45) is 5.73 Å². The summed E-state index contributed by atoms with van der Waals surface area (Å²) in [6, 6.07) is 4.48. The van der Waals surface area contributed by atoms with E-state index in [1.807, 2.05) is 18.2 Å². The zero-order valence-corrected chi connectivity index (χ0v) is 12.7. The highest BCUT2D eigenvalue weighted by Crippen LogP contribution is 2.38. The van der Waals surface area contributed by atoms with Gasteiger partial charge in [-0.2, -0.15) is 0 Å². The molecule has 22 heavy (non-hydrogen) atoms. The van der Waals surface area contributed by atoms with Crippen molar-refractivity contribution in [1.29, 1.82) is 0 Å². The molecule has 1 saturated carbocycles. The molecule has 0 saturated heterocycles. The molecule has 6 heteroatoms. The minimum Gasteiger partial charge on any atom is -0.488 e. The number of hydrogen-bond donors (Lipinski definition) is 2. The van der Waals surface area contributed by atoms with Crippen LogP contribution in [-0.2, 0) is 11.2 Å². The molecule has 0 radical (unpaired) electrons. The van der Waals surface area contributed by atoms with Crippen LogP contribution >= 0.6 is 0 Å². The second kappa shape index (κ2) is 5.87. The third-order valence-corrected chi connectivity index (χ3v) is 4.38. The summed E-state index contributed by atoms with van der Waals surface area (Å²) >= 11 is 0. The predicted molar refractivity (Wildman–Crippen MR) is 82.9 cm³/mol. The van der Waals surface area contributed by atoms with Crippen molar-refractivity contribution in [3.63, 3.8) is 0 Å². The highest BCUT2D eigenvalue weighted by molar-refractivity contribution is 6.02.